The summed E-state index contributed by atoms with van der Waals surface area (Å²) < 4.78 is 18.8. The maximum atomic E-state index is 13.7. The molecule has 0 aliphatic heterocycles. The van der Waals surface area contributed by atoms with E-state index < -0.39 is 0 Å². The standard InChI is InChI=1S/C13H19ClFNO/c1-4-16(10(2)9-17-3)13-7-5-6-12(15)11(13)8-14/h5-7,10H,4,8-9H2,1-3H3. The Labute approximate surface area is 107 Å². The van der Waals surface area contributed by atoms with Crippen molar-refractivity contribution in [2.45, 2.75) is 25.8 Å². The maximum Gasteiger partial charge on any atom is 0.129 e. The third-order valence-corrected chi connectivity index (χ3v) is 3.09. The van der Waals surface area contributed by atoms with Crippen molar-refractivity contribution in [2.24, 2.45) is 0 Å². The molecule has 0 heterocycles. The smallest absolute Gasteiger partial charge is 0.129 e. The van der Waals surface area contributed by atoms with Crippen molar-refractivity contribution in [3.8, 4) is 0 Å². The van der Waals surface area contributed by atoms with E-state index in [1.54, 1.807) is 13.2 Å². The molecule has 96 valence electrons. The number of hydrogen-bond acceptors (Lipinski definition) is 2. The number of anilines is 1. The number of hydrogen-bond donors (Lipinski definition) is 0. The zero-order chi connectivity index (χ0) is 12.8. The molecule has 0 radical (unpaired) electrons. The van der Waals surface area contributed by atoms with Gasteiger partial charge in [0.2, 0.25) is 0 Å². The summed E-state index contributed by atoms with van der Waals surface area (Å²) in [6, 6.07) is 5.24. The van der Waals surface area contributed by atoms with Gasteiger partial charge in [-0.3, -0.25) is 0 Å². The minimum atomic E-state index is -0.249. The zero-order valence-electron chi connectivity index (χ0n) is 10.5. The van der Waals surface area contributed by atoms with Gasteiger partial charge in [0.05, 0.1) is 12.5 Å². The van der Waals surface area contributed by atoms with Crippen LogP contribution in [0.1, 0.15) is 19.4 Å². The Bertz CT molecular complexity index is 359. The fraction of sp³-hybridized carbons (Fsp3) is 0.538. The van der Waals surface area contributed by atoms with Gasteiger partial charge >= 0.3 is 0 Å². The van der Waals surface area contributed by atoms with E-state index in [0.29, 0.717) is 12.2 Å². The van der Waals surface area contributed by atoms with Crippen LogP contribution in [0.5, 0.6) is 0 Å². The van der Waals surface area contributed by atoms with E-state index in [-0.39, 0.29) is 17.7 Å². The molecule has 1 atom stereocenters. The molecule has 2 nitrogen and oxygen atoms in total. The molecular formula is C13H19ClFNO. The molecule has 1 aromatic carbocycles. The number of alkyl halides is 1. The molecule has 0 fully saturated rings. The second kappa shape index (κ2) is 6.82. The van der Waals surface area contributed by atoms with Crippen LogP contribution in [0.3, 0.4) is 0 Å². The Balaban J connectivity index is 3.06. The van der Waals surface area contributed by atoms with Crippen LogP contribution in [0.4, 0.5) is 10.1 Å². The number of ether oxygens (including phenoxy) is 1. The number of halogens is 2. The van der Waals surface area contributed by atoms with Crippen molar-refractivity contribution in [3.05, 3.63) is 29.6 Å². The van der Waals surface area contributed by atoms with Gasteiger partial charge in [0.25, 0.3) is 0 Å². The first kappa shape index (κ1) is 14.3. The monoisotopic (exact) mass is 259 g/mol. The van der Waals surface area contributed by atoms with Crippen LogP contribution in [0.15, 0.2) is 18.2 Å². The highest BCUT2D eigenvalue weighted by molar-refractivity contribution is 6.17. The molecule has 0 aliphatic carbocycles. The first-order valence-corrected chi connectivity index (χ1v) is 6.28. The predicted octanol–water partition coefficient (Wildman–Crippen LogP) is 3.43. The normalized spacial score (nSPS) is 12.5. The molecule has 0 aromatic heterocycles. The Hall–Kier alpha value is -0.800. The summed E-state index contributed by atoms with van der Waals surface area (Å²) >= 11 is 5.82. The fourth-order valence-corrected chi connectivity index (χ4v) is 2.26. The summed E-state index contributed by atoms with van der Waals surface area (Å²) in [5.41, 5.74) is 1.41. The largest absolute Gasteiger partial charge is 0.383 e. The van der Waals surface area contributed by atoms with Gasteiger partial charge in [-0.2, -0.15) is 0 Å². The molecule has 0 saturated heterocycles. The Morgan fingerprint density at radius 3 is 2.71 bits per heavy atom. The number of rotatable bonds is 6. The Morgan fingerprint density at radius 2 is 2.18 bits per heavy atom. The molecule has 1 aromatic rings. The van der Waals surface area contributed by atoms with Gasteiger partial charge in [0, 0.05) is 30.9 Å². The zero-order valence-corrected chi connectivity index (χ0v) is 11.3. The van der Waals surface area contributed by atoms with Gasteiger partial charge in [-0.1, -0.05) is 6.07 Å². The van der Waals surface area contributed by atoms with Crippen molar-refractivity contribution >= 4 is 17.3 Å². The molecule has 1 unspecified atom stereocenters. The lowest BCUT2D eigenvalue weighted by atomic mass is 10.1. The Kier molecular flexibility index (Phi) is 5.72. The summed E-state index contributed by atoms with van der Waals surface area (Å²) in [4.78, 5) is 2.10. The minimum Gasteiger partial charge on any atom is -0.383 e. The van der Waals surface area contributed by atoms with Crippen molar-refractivity contribution in [1.82, 2.24) is 0 Å². The van der Waals surface area contributed by atoms with Crippen LogP contribution in [-0.2, 0) is 10.6 Å². The lowest BCUT2D eigenvalue weighted by Crippen LogP contribution is -2.36. The molecule has 0 bridgehead atoms. The van der Waals surface area contributed by atoms with E-state index in [2.05, 4.69) is 11.8 Å². The van der Waals surface area contributed by atoms with Crippen molar-refractivity contribution in [2.75, 3.05) is 25.2 Å². The van der Waals surface area contributed by atoms with E-state index in [0.717, 1.165) is 12.2 Å². The predicted molar refractivity (Wildman–Crippen MR) is 70.3 cm³/mol. The van der Waals surface area contributed by atoms with Crippen molar-refractivity contribution in [1.29, 1.82) is 0 Å². The second-order valence-electron chi connectivity index (χ2n) is 3.96. The molecule has 17 heavy (non-hydrogen) atoms. The van der Waals surface area contributed by atoms with Crippen molar-refractivity contribution < 1.29 is 9.13 Å². The topological polar surface area (TPSA) is 12.5 Å². The van der Waals surface area contributed by atoms with Crippen LogP contribution < -0.4 is 4.90 Å². The molecule has 0 N–H and O–H groups in total. The van der Waals surface area contributed by atoms with Gasteiger partial charge in [0.15, 0.2) is 0 Å². The van der Waals surface area contributed by atoms with Crippen LogP contribution in [0, 0.1) is 5.82 Å². The van der Waals surface area contributed by atoms with E-state index in [9.17, 15) is 4.39 Å². The number of nitrogens with zero attached hydrogens (tertiary/aromatic N) is 1. The summed E-state index contributed by atoms with van der Waals surface area (Å²) in [6.45, 7) is 5.48. The second-order valence-corrected chi connectivity index (χ2v) is 4.23. The summed E-state index contributed by atoms with van der Waals surface area (Å²) in [6.07, 6.45) is 0. The van der Waals surface area contributed by atoms with Crippen LogP contribution in [0.2, 0.25) is 0 Å². The average Bonchev–Trinajstić information content (AvgIpc) is 2.30. The van der Waals surface area contributed by atoms with Gasteiger partial charge in [-0.15, -0.1) is 11.6 Å². The summed E-state index contributed by atoms with van der Waals surface area (Å²) in [5, 5.41) is 0. The third-order valence-electron chi connectivity index (χ3n) is 2.82. The Morgan fingerprint density at radius 1 is 1.47 bits per heavy atom. The number of likely N-dealkylation sites (N-methyl/N-ethyl adjacent to an activating group) is 1. The number of benzene rings is 1. The molecule has 4 heteroatoms. The molecule has 0 amide bonds. The fourth-order valence-electron chi connectivity index (χ4n) is 2.00. The maximum absolute atomic E-state index is 13.7. The molecule has 0 aliphatic rings. The van der Waals surface area contributed by atoms with Gasteiger partial charge in [-0.05, 0) is 26.0 Å². The number of methoxy groups -OCH3 is 1. The highest BCUT2D eigenvalue weighted by Crippen LogP contribution is 2.26. The quantitative estimate of drug-likeness (QED) is 0.726. The highest BCUT2D eigenvalue weighted by atomic mass is 35.5. The SMILES string of the molecule is CCN(c1cccc(F)c1CCl)C(C)COC. The molecular weight excluding hydrogens is 241 g/mol. The first-order valence-electron chi connectivity index (χ1n) is 5.74. The molecule has 0 saturated carbocycles. The average molecular weight is 260 g/mol. The third kappa shape index (κ3) is 3.33. The van der Waals surface area contributed by atoms with E-state index >= 15 is 0 Å². The van der Waals surface area contributed by atoms with Crippen LogP contribution >= 0.6 is 11.6 Å². The highest BCUT2D eigenvalue weighted by Gasteiger charge is 2.17. The first-order chi connectivity index (χ1) is 8.15. The van der Waals surface area contributed by atoms with Gasteiger partial charge < -0.3 is 9.64 Å². The minimum absolute atomic E-state index is 0.179. The van der Waals surface area contributed by atoms with Crippen LogP contribution in [-0.4, -0.2) is 26.3 Å². The van der Waals surface area contributed by atoms with Gasteiger partial charge in [-0.25, -0.2) is 4.39 Å². The van der Waals surface area contributed by atoms with E-state index in [1.807, 2.05) is 13.0 Å². The van der Waals surface area contributed by atoms with Gasteiger partial charge in [0.1, 0.15) is 5.82 Å². The summed E-state index contributed by atoms with van der Waals surface area (Å²) in [7, 11) is 1.67. The van der Waals surface area contributed by atoms with E-state index in [4.69, 9.17) is 16.3 Å². The van der Waals surface area contributed by atoms with E-state index in [1.165, 1.54) is 6.07 Å². The lowest BCUT2D eigenvalue weighted by molar-refractivity contribution is 0.182. The summed E-state index contributed by atoms with van der Waals surface area (Å²) in [5.74, 6) is -0.0707. The van der Waals surface area contributed by atoms with Crippen LogP contribution in [0.25, 0.3) is 0 Å². The van der Waals surface area contributed by atoms with Crippen molar-refractivity contribution in [3.63, 3.8) is 0 Å². The lowest BCUT2D eigenvalue weighted by Gasteiger charge is -2.31. The molecule has 0 spiro atoms. The molecule has 1 rings (SSSR count).